The molecule has 1 N–H and O–H groups in total. The number of aliphatic hydroxyl groups excluding tert-OH is 1. The Labute approximate surface area is 268 Å². The first-order chi connectivity index (χ1) is 21.6. The monoisotopic (exact) mass is 629 g/mol. The van der Waals surface area contributed by atoms with Crippen LogP contribution in [0.1, 0.15) is 45.6 Å². The average molecular weight is 630 g/mol. The van der Waals surface area contributed by atoms with Gasteiger partial charge in [-0.1, -0.05) is 118 Å². The first-order valence-corrected chi connectivity index (χ1v) is 17.6. The van der Waals surface area contributed by atoms with Gasteiger partial charge in [0.2, 0.25) is 0 Å². The van der Waals surface area contributed by atoms with Crippen LogP contribution in [-0.2, 0) is 34.8 Å². The van der Waals surface area contributed by atoms with Gasteiger partial charge in [-0.05, 0) is 39.4 Å². The maximum Gasteiger partial charge on any atom is 0.308 e. The molecule has 2 aliphatic heterocycles. The first-order valence-electron chi connectivity index (χ1n) is 15.7. The molecule has 45 heavy (non-hydrogen) atoms. The third kappa shape index (κ3) is 7.32. The predicted octanol–water partition coefficient (Wildman–Crippen LogP) is 4.75. The molecular weight excluding hydrogens is 584 g/mol. The second-order valence-electron chi connectivity index (χ2n) is 12.9. The SMILES string of the molecule is [CH]=C1[C@H]([C@H](CO[Si](c2ccccc2)(c2ccccc2)C(C)(C)C)OCc2ccccc2)O[C@H]2CC[C@H](CC(=O)OC)O[C@@H]2[C@H]1O. The minimum absolute atomic E-state index is 0.116. The third-order valence-electron chi connectivity index (χ3n) is 8.94. The maximum absolute atomic E-state index is 11.9. The molecule has 6 atom stereocenters. The van der Waals surface area contributed by atoms with Gasteiger partial charge in [0.15, 0.2) is 0 Å². The van der Waals surface area contributed by atoms with E-state index in [-0.39, 0.29) is 35.7 Å². The van der Waals surface area contributed by atoms with Crippen molar-refractivity contribution in [3.8, 4) is 0 Å². The third-order valence-corrected chi connectivity index (χ3v) is 13.9. The van der Waals surface area contributed by atoms with Crippen molar-refractivity contribution in [1.29, 1.82) is 0 Å². The maximum atomic E-state index is 11.9. The zero-order valence-corrected chi connectivity index (χ0v) is 27.6. The van der Waals surface area contributed by atoms with Crippen LogP contribution < -0.4 is 10.4 Å². The molecule has 2 saturated heterocycles. The summed E-state index contributed by atoms with van der Waals surface area (Å²) >= 11 is 0. The number of carbonyl (C=O) groups is 1. The van der Waals surface area contributed by atoms with E-state index in [1.165, 1.54) is 7.11 Å². The summed E-state index contributed by atoms with van der Waals surface area (Å²) in [6, 6.07) is 30.8. The molecule has 0 aromatic heterocycles. The number of ether oxygens (including phenoxy) is 4. The molecular formula is C37H45O7Si. The van der Waals surface area contributed by atoms with Crippen molar-refractivity contribution >= 4 is 24.7 Å². The second-order valence-corrected chi connectivity index (χ2v) is 17.2. The highest BCUT2D eigenvalue weighted by Gasteiger charge is 2.52. The summed E-state index contributed by atoms with van der Waals surface area (Å²) in [5.41, 5.74) is 1.24. The largest absolute Gasteiger partial charge is 0.469 e. The molecule has 1 radical (unpaired) electrons. The van der Waals surface area contributed by atoms with Crippen molar-refractivity contribution in [1.82, 2.24) is 0 Å². The molecule has 7 nitrogen and oxygen atoms in total. The Morgan fingerprint density at radius 2 is 1.51 bits per heavy atom. The van der Waals surface area contributed by atoms with Gasteiger partial charge in [0.1, 0.15) is 24.4 Å². The van der Waals surface area contributed by atoms with Crippen molar-refractivity contribution in [3.63, 3.8) is 0 Å². The van der Waals surface area contributed by atoms with Gasteiger partial charge < -0.3 is 28.5 Å². The minimum atomic E-state index is -2.90. The summed E-state index contributed by atoms with van der Waals surface area (Å²) in [5.74, 6) is -0.352. The Morgan fingerprint density at radius 3 is 2.07 bits per heavy atom. The van der Waals surface area contributed by atoms with Gasteiger partial charge >= 0.3 is 5.97 Å². The number of benzene rings is 3. The molecule has 0 amide bonds. The lowest BCUT2D eigenvalue weighted by molar-refractivity contribution is -0.225. The lowest BCUT2D eigenvalue weighted by Crippen LogP contribution is -2.67. The molecule has 0 bridgehead atoms. The van der Waals surface area contributed by atoms with Crippen molar-refractivity contribution < 1.29 is 33.3 Å². The Bertz CT molecular complexity index is 1350. The number of fused-ring (bicyclic) bond motifs is 1. The van der Waals surface area contributed by atoms with Gasteiger partial charge in [-0.2, -0.15) is 0 Å². The Hall–Kier alpha value is -3.11. The van der Waals surface area contributed by atoms with Crippen LogP contribution in [0.25, 0.3) is 0 Å². The van der Waals surface area contributed by atoms with Gasteiger partial charge in [0.25, 0.3) is 8.32 Å². The van der Waals surface area contributed by atoms with Crippen LogP contribution in [0, 0.1) is 6.58 Å². The number of hydrogen-bond donors (Lipinski definition) is 1. The molecule has 0 spiro atoms. The zero-order valence-electron chi connectivity index (χ0n) is 26.6. The van der Waals surface area contributed by atoms with E-state index in [0.717, 1.165) is 15.9 Å². The van der Waals surface area contributed by atoms with Gasteiger partial charge in [0.05, 0.1) is 39.0 Å². The number of carbonyl (C=O) groups excluding carboxylic acids is 1. The molecule has 239 valence electrons. The van der Waals surface area contributed by atoms with E-state index in [1.807, 2.05) is 42.5 Å². The van der Waals surface area contributed by atoms with Crippen LogP contribution in [0.5, 0.6) is 0 Å². The lowest BCUT2D eigenvalue weighted by atomic mass is 9.86. The fraction of sp³-hybridized carbons (Fsp3) is 0.432. The van der Waals surface area contributed by atoms with E-state index in [4.69, 9.17) is 30.0 Å². The fourth-order valence-corrected chi connectivity index (χ4v) is 11.2. The summed E-state index contributed by atoms with van der Waals surface area (Å²) < 4.78 is 31.4. The average Bonchev–Trinajstić information content (AvgIpc) is 3.05. The van der Waals surface area contributed by atoms with Crippen molar-refractivity contribution in [2.24, 2.45) is 0 Å². The molecule has 8 heteroatoms. The second kappa shape index (κ2) is 14.5. The molecule has 0 aliphatic carbocycles. The smallest absolute Gasteiger partial charge is 0.308 e. The number of esters is 1. The fourth-order valence-electron chi connectivity index (χ4n) is 6.63. The highest BCUT2D eigenvalue weighted by atomic mass is 28.4. The number of aliphatic hydroxyl groups is 1. The quantitative estimate of drug-likeness (QED) is 0.242. The van der Waals surface area contributed by atoms with Crippen molar-refractivity contribution in [2.45, 2.75) is 88.3 Å². The summed E-state index contributed by atoms with van der Waals surface area (Å²) in [6.45, 7) is 13.9. The van der Waals surface area contributed by atoms with Crippen molar-refractivity contribution in [3.05, 3.63) is 109 Å². The van der Waals surface area contributed by atoms with Gasteiger partial charge in [-0.15, -0.1) is 0 Å². The molecule has 3 aromatic carbocycles. The molecule has 5 rings (SSSR count). The molecule has 3 aromatic rings. The summed E-state index contributed by atoms with van der Waals surface area (Å²) in [6.07, 6.45) is -2.59. The van der Waals surface area contributed by atoms with E-state index < -0.39 is 38.8 Å². The normalized spacial score (nSPS) is 24.5. The molecule has 2 aliphatic rings. The van der Waals surface area contributed by atoms with E-state index in [9.17, 15) is 9.90 Å². The Balaban J connectivity index is 1.45. The highest BCUT2D eigenvalue weighted by Crippen LogP contribution is 2.39. The number of hydrogen-bond acceptors (Lipinski definition) is 7. The van der Waals surface area contributed by atoms with Crippen LogP contribution in [0.3, 0.4) is 0 Å². The van der Waals surface area contributed by atoms with Crippen LogP contribution >= 0.6 is 0 Å². The van der Waals surface area contributed by atoms with Crippen LogP contribution in [0.2, 0.25) is 5.04 Å². The Morgan fingerprint density at radius 1 is 0.933 bits per heavy atom. The number of rotatable bonds is 11. The summed E-state index contributed by atoms with van der Waals surface area (Å²) in [7, 11) is -1.55. The zero-order chi connectivity index (χ0) is 32.0. The summed E-state index contributed by atoms with van der Waals surface area (Å²) in [5, 5.41) is 13.5. The standard InChI is InChI=1S/C37H45O7Si/c1-26-34(39)36-31(22-21-28(43-36)23-33(38)40-5)44-35(26)32(41-24-27-15-9-6-10-16-27)25-42-45(37(2,3)4,29-17-11-7-12-18-29)30-19-13-8-14-20-30/h1,6-20,28,31-32,34-36,39H,21-25H2,2-5H3/t28-,31+,32+,34+,35-,36+/m1/s1. The topological polar surface area (TPSA) is 83.5 Å². The predicted molar refractivity (Wildman–Crippen MR) is 176 cm³/mol. The lowest BCUT2D eigenvalue weighted by Gasteiger charge is -2.48. The van der Waals surface area contributed by atoms with Gasteiger partial charge in [-0.3, -0.25) is 4.79 Å². The minimum Gasteiger partial charge on any atom is -0.469 e. The first kappa shape index (κ1) is 33.3. The number of methoxy groups -OCH3 is 1. The van der Waals surface area contributed by atoms with Crippen molar-refractivity contribution in [2.75, 3.05) is 13.7 Å². The Kier molecular flexibility index (Phi) is 10.7. The van der Waals surface area contributed by atoms with Gasteiger partial charge in [-0.25, -0.2) is 0 Å². The van der Waals surface area contributed by atoms with Crippen LogP contribution in [0.15, 0.2) is 96.6 Å². The van der Waals surface area contributed by atoms with E-state index in [1.54, 1.807) is 0 Å². The molecule has 0 saturated carbocycles. The van der Waals surface area contributed by atoms with Gasteiger partial charge in [0, 0.05) is 0 Å². The molecule has 2 fully saturated rings. The highest BCUT2D eigenvalue weighted by molar-refractivity contribution is 6.99. The molecule has 2 heterocycles. The van der Waals surface area contributed by atoms with E-state index in [0.29, 0.717) is 19.4 Å². The van der Waals surface area contributed by atoms with Crippen LogP contribution in [0.4, 0.5) is 0 Å². The van der Waals surface area contributed by atoms with E-state index >= 15 is 0 Å². The summed E-state index contributed by atoms with van der Waals surface area (Å²) in [4.78, 5) is 11.9. The van der Waals surface area contributed by atoms with Crippen LogP contribution in [-0.4, -0.2) is 69.7 Å². The van der Waals surface area contributed by atoms with E-state index in [2.05, 4.69) is 69.3 Å². The molecule has 0 unspecified atom stereocenters.